The number of allylic oxidation sites excluding steroid dienone is 3. The fourth-order valence-corrected chi connectivity index (χ4v) is 6.21. The third-order valence-corrected chi connectivity index (χ3v) is 9.59. The second-order valence-corrected chi connectivity index (χ2v) is 13.6. The van der Waals surface area contributed by atoms with Crippen LogP contribution in [0.3, 0.4) is 0 Å². The Labute approximate surface area is 331 Å². The third-order valence-electron chi connectivity index (χ3n) is 9.59. The lowest BCUT2D eigenvalue weighted by molar-refractivity contribution is -0.173. The molecular weight excluding hydrogens is 693 g/mol. The Morgan fingerprint density at radius 3 is 2.18 bits per heavy atom. The van der Waals surface area contributed by atoms with Crippen LogP contribution >= 0.6 is 0 Å². The van der Waals surface area contributed by atoms with Gasteiger partial charge in [0.2, 0.25) is 11.8 Å². The molecule has 1 aromatic carbocycles. The monoisotopic (exact) mass is 763 g/mol. The number of nitrogens with zero attached hydrogens (tertiary/aromatic N) is 2. The maximum Gasteiger partial charge on any atom is 0.247 e. The van der Waals surface area contributed by atoms with Crippen LogP contribution in [0.5, 0.6) is 5.75 Å². The molecule has 1 aliphatic carbocycles. The SMILES string of the molecule is C=C.CCC/C(=C\C(C)=C(\C(=O)NC)C(C)CC)NC(=O)C1CC1.CCc1cccc(/C(N)=C/N)c1OC.COC(OC)C1CCN1Cc1cccc(C)n1. The largest absolute Gasteiger partial charge is 0.496 e. The molecule has 6 N–H and O–H groups in total. The van der Waals surface area contributed by atoms with Crippen molar-refractivity contribution in [3.05, 3.63) is 101 Å². The van der Waals surface area contributed by atoms with Gasteiger partial charge in [-0.2, -0.15) is 0 Å². The summed E-state index contributed by atoms with van der Waals surface area (Å²) in [6, 6.07) is 12.4. The van der Waals surface area contributed by atoms with E-state index in [1.54, 1.807) is 28.4 Å². The van der Waals surface area contributed by atoms with Crippen LogP contribution in [0, 0.1) is 18.8 Å². The summed E-state index contributed by atoms with van der Waals surface area (Å²) in [6.45, 7) is 20.2. The number of benzene rings is 1. The van der Waals surface area contributed by atoms with Crippen LogP contribution in [0.2, 0.25) is 0 Å². The number of pyridine rings is 1. The van der Waals surface area contributed by atoms with Crippen LogP contribution in [0.1, 0.15) is 95.7 Å². The summed E-state index contributed by atoms with van der Waals surface area (Å²) >= 11 is 0. The van der Waals surface area contributed by atoms with Crippen LogP contribution in [0.25, 0.3) is 5.70 Å². The highest BCUT2D eigenvalue weighted by molar-refractivity contribution is 5.95. The molecule has 1 aliphatic heterocycles. The van der Waals surface area contributed by atoms with Crippen LogP contribution < -0.4 is 26.8 Å². The van der Waals surface area contributed by atoms with E-state index in [0.29, 0.717) is 11.7 Å². The molecule has 2 heterocycles. The number of carbonyl (C=O) groups is 2. The van der Waals surface area contributed by atoms with Crippen molar-refractivity contribution in [2.45, 2.75) is 105 Å². The van der Waals surface area contributed by atoms with Gasteiger partial charge in [0.05, 0.1) is 24.5 Å². The van der Waals surface area contributed by atoms with Gasteiger partial charge in [0.25, 0.3) is 0 Å². The number of rotatable bonds is 16. The van der Waals surface area contributed by atoms with Crippen molar-refractivity contribution in [1.29, 1.82) is 0 Å². The van der Waals surface area contributed by atoms with E-state index in [9.17, 15) is 9.59 Å². The number of methoxy groups -OCH3 is 3. The number of likely N-dealkylation sites (tertiary alicyclic amines) is 1. The third kappa shape index (κ3) is 15.7. The number of aromatic nitrogens is 1. The highest BCUT2D eigenvalue weighted by Gasteiger charge is 2.35. The lowest BCUT2D eigenvalue weighted by Crippen LogP contribution is -2.54. The van der Waals surface area contributed by atoms with Gasteiger partial charge in [0, 0.05) is 69.0 Å². The number of carbonyl (C=O) groups excluding carboxylic acids is 2. The first-order valence-electron chi connectivity index (χ1n) is 19.4. The molecule has 306 valence electrons. The highest BCUT2D eigenvalue weighted by Crippen LogP contribution is 2.30. The molecule has 11 heteroatoms. The van der Waals surface area contributed by atoms with Gasteiger partial charge < -0.3 is 36.3 Å². The summed E-state index contributed by atoms with van der Waals surface area (Å²) in [5.41, 5.74) is 18.5. The molecule has 0 bridgehead atoms. The minimum Gasteiger partial charge on any atom is -0.496 e. The fourth-order valence-electron chi connectivity index (χ4n) is 6.21. The van der Waals surface area contributed by atoms with E-state index in [4.69, 9.17) is 25.7 Å². The first-order valence-corrected chi connectivity index (χ1v) is 19.4. The Hall–Kier alpha value is -4.45. The van der Waals surface area contributed by atoms with E-state index in [1.165, 1.54) is 6.20 Å². The number of para-hydroxylation sites is 1. The van der Waals surface area contributed by atoms with Gasteiger partial charge in [0.1, 0.15) is 5.75 Å². The molecule has 0 radical (unpaired) electrons. The second-order valence-electron chi connectivity index (χ2n) is 13.6. The summed E-state index contributed by atoms with van der Waals surface area (Å²) in [4.78, 5) is 31.0. The summed E-state index contributed by atoms with van der Waals surface area (Å²) < 4.78 is 15.9. The Bertz CT molecular complexity index is 1560. The highest BCUT2D eigenvalue weighted by atomic mass is 16.7. The quantitative estimate of drug-likeness (QED) is 0.0604. The molecule has 55 heavy (non-hydrogen) atoms. The predicted molar refractivity (Wildman–Crippen MR) is 226 cm³/mol. The van der Waals surface area contributed by atoms with Crippen molar-refractivity contribution in [2.75, 3.05) is 34.9 Å². The lowest BCUT2D eigenvalue weighted by atomic mass is 9.92. The summed E-state index contributed by atoms with van der Waals surface area (Å²) in [6.07, 6.45) is 9.94. The van der Waals surface area contributed by atoms with Crippen molar-refractivity contribution in [3.8, 4) is 5.75 Å². The van der Waals surface area contributed by atoms with Crippen molar-refractivity contribution in [2.24, 2.45) is 23.3 Å². The Balaban J connectivity index is 0.000000413. The first kappa shape index (κ1) is 48.6. The molecule has 2 atom stereocenters. The van der Waals surface area contributed by atoms with E-state index in [2.05, 4.69) is 73.5 Å². The molecule has 4 rings (SSSR count). The lowest BCUT2D eigenvalue weighted by Gasteiger charge is -2.43. The van der Waals surface area contributed by atoms with Crippen molar-refractivity contribution in [3.63, 3.8) is 0 Å². The molecule has 1 aromatic heterocycles. The smallest absolute Gasteiger partial charge is 0.247 e. The standard InChI is InChI=1S/C18H30N2O2.C13H20N2O2.C11H16N2O.C2H4/c1-6-8-15(20-17(21)14-9-10-14)11-13(4)16(12(3)7-2)18(22)19-5;1-10-5-4-6-11(14-10)9-15-8-7-12(15)13(16-2)17-3;1-3-8-5-4-6-9(10(13)7-12)11(8)14-2;1-2/h11-12,14H,6-10H2,1-5H3,(H,19,22)(H,20,21);4-6,12-13H,7-9H2,1-3H3;4-7H,3,12-13H2,1-2H3;1-2H2/b15-11+,16-13+;;10-7-;. The van der Waals surface area contributed by atoms with Crippen LogP contribution in [-0.4, -0.2) is 69.0 Å². The molecule has 2 aliphatic rings. The number of aryl methyl sites for hydroxylation is 2. The molecule has 2 fully saturated rings. The molecule has 2 unspecified atom stereocenters. The molecule has 1 saturated heterocycles. The van der Waals surface area contributed by atoms with Crippen LogP contribution in [0.4, 0.5) is 0 Å². The molecule has 2 aromatic rings. The van der Waals surface area contributed by atoms with Gasteiger partial charge in [-0.1, -0.05) is 52.3 Å². The summed E-state index contributed by atoms with van der Waals surface area (Å²) in [7, 11) is 6.68. The molecule has 11 nitrogen and oxygen atoms in total. The second kappa shape index (κ2) is 26.4. The van der Waals surface area contributed by atoms with Gasteiger partial charge in [-0.05, 0) is 93.7 Å². The number of likely N-dealkylation sites (N-methyl/N-ethyl adjacent to an activating group) is 1. The average molecular weight is 763 g/mol. The number of hydrogen-bond donors (Lipinski definition) is 4. The minimum atomic E-state index is -0.131. The van der Waals surface area contributed by atoms with E-state index in [1.807, 2.05) is 44.2 Å². The van der Waals surface area contributed by atoms with Gasteiger partial charge in [-0.25, -0.2) is 0 Å². The predicted octanol–water partition coefficient (Wildman–Crippen LogP) is 7.16. The van der Waals surface area contributed by atoms with E-state index >= 15 is 0 Å². The number of hydrogen-bond acceptors (Lipinski definition) is 9. The number of amides is 2. The molecule has 0 spiro atoms. The Kier molecular flexibility index (Phi) is 23.3. The number of nitrogens with one attached hydrogen (secondary N) is 2. The van der Waals surface area contributed by atoms with E-state index in [-0.39, 0.29) is 29.9 Å². The van der Waals surface area contributed by atoms with Gasteiger partial charge in [-0.15, -0.1) is 13.2 Å². The number of nitrogens with two attached hydrogens (primary N) is 2. The van der Waals surface area contributed by atoms with Crippen LogP contribution in [-0.2, 0) is 32.0 Å². The van der Waals surface area contributed by atoms with Crippen molar-refractivity contribution < 1.29 is 23.8 Å². The molecule has 1 saturated carbocycles. The Morgan fingerprint density at radius 2 is 1.71 bits per heavy atom. The average Bonchev–Trinajstić information content (AvgIpc) is 4.05. The maximum atomic E-state index is 12.1. The minimum absolute atomic E-state index is 0.0348. The van der Waals surface area contributed by atoms with Gasteiger partial charge in [0.15, 0.2) is 6.29 Å². The first-order chi connectivity index (χ1) is 26.4. The number of ether oxygens (including phenoxy) is 3. The van der Waals surface area contributed by atoms with Crippen molar-refractivity contribution in [1.82, 2.24) is 20.5 Å². The summed E-state index contributed by atoms with van der Waals surface area (Å²) in [5, 5.41) is 5.76. The van der Waals surface area contributed by atoms with Gasteiger partial charge in [-0.3, -0.25) is 19.5 Å². The maximum absolute atomic E-state index is 12.1. The topological polar surface area (TPSA) is 154 Å². The molecular formula is C44H70N6O5. The fraction of sp³-hybridized carbons (Fsp3) is 0.523. The molecule has 2 amide bonds. The summed E-state index contributed by atoms with van der Waals surface area (Å²) in [5.74, 6) is 1.29. The Morgan fingerprint density at radius 1 is 1.05 bits per heavy atom. The van der Waals surface area contributed by atoms with Crippen LogP contribution in [0.15, 0.2) is 78.7 Å². The zero-order chi connectivity index (χ0) is 41.5. The zero-order valence-electron chi connectivity index (χ0n) is 35.3. The normalized spacial score (nSPS) is 16.4. The zero-order valence-corrected chi connectivity index (χ0v) is 35.3. The van der Waals surface area contributed by atoms with Gasteiger partial charge >= 0.3 is 0 Å². The van der Waals surface area contributed by atoms with Crippen molar-refractivity contribution >= 4 is 17.5 Å². The van der Waals surface area contributed by atoms with E-state index in [0.717, 1.165) is 103 Å². The van der Waals surface area contributed by atoms with E-state index < -0.39 is 0 Å².